The largest absolute Gasteiger partial charge is 0.389 e. The first-order chi connectivity index (χ1) is 6.28. The van der Waals surface area contributed by atoms with Gasteiger partial charge in [-0.15, -0.1) is 0 Å². The molecule has 3 rings (SSSR count). The molecule has 13 heavy (non-hydrogen) atoms. The van der Waals surface area contributed by atoms with Gasteiger partial charge in [-0.1, -0.05) is 0 Å². The highest BCUT2D eigenvalue weighted by molar-refractivity contribution is 7.05. The molecule has 0 aromatic carbocycles. The van der Waals surface area contributed by atoms with Gasteiger partial charge in [0.2, 0.25) is 0 Å². The molecular weight excluding hydrogens is 182 g/mol. The molecule has 3 unspecified atom stereocenters. The summed E-state index contributed by atoms with van der Waals surface area (Å²) in [6.45, 7) is 0. The van der Waals surface area contributed by atoms with Crippen LogP contribution >= 0.6 is 11.5 Å². The lowest BCUT2D eigenvalue weighted by Crippen LogP contribution is -2.30. The van der Waals surface area contributed by atoms with E-state index in [1.54, 1.807) is 0 Å². The summed E-state index contributed by atoms with van der Waals surface area (Å²) in [6, 6.07) is 2.03. The van der Waals surface area contributed by atoms with Crippen LogP contribution in [0.25, 0.3) is 0 Å². The first-order valence-corrected chi connectivity index (χ1v) is 5.67. The quantitative estimate of drug-likeness (QED) is 0.781. The van der Waals surface area contributed by atoms with E-state index in [-0.39, 0.29) is 5.60 Å². The molecule has 0 aliphatic heterocycles. The minimum absolute atomic E-state index is 0.378. The van der Waals surface area contributed by atoms with E-state index in [0.717, 1.165) is 18.8 Å². The predicted octanol–water partition coefficient (Wildman–Crippen LogP) is 1.85. The molecule has 0 spiro atoms. The summed E-state index contributed by atoms with van der Waals surface area (Å²) in [6.07, 6.45) is 6.15. The van der Waals surface area contributed by atoms with Crippen molar-refractivity contribution >= 4 is 11.5 Å². The number of nitrogens with zero attached hydrogens (tertiary/aromatic N) is 1. The van der Waals surface area contributed by atoms with Crippen LogP contribution in [0.4, 0.5) is 0 Å². The van der Waals surface area contributed by atoms with Crippen LogP contribution in [-0.4, -0.2) is 15.1 Å². The van der Waals surface area contributed by atoms with Crippen molar-refractivity contribution in [2.45, 2.75) is 31.3 Å². The minimum Gasteiger partial charge on any atom is -0.389 e. The van der Waals surface area contributed by atoms with Crippen LogP contribution in [0, 0.1) is 11.8 Å². The van der Waals surface area contributed by atoms with E-state index in [1.165, 1.54) is 29.3 Å². The Morgan fingerprint density at radius 2 is 2.62 bits per heavy atom. The van der Waals surface area contributed by atoms with Crippen molar-refractivity contribution in [3.63, 3.8) is 0 Å². The minimum atomic E-state index is -0.378. The Balaban J connectivity index is 1.78. The number of aliphatic hydroxyl groups is 1. The zero-order chi connectivity index (χ0) is 8.89. The Bertz CT molecular complexity index is 311. The standard InChI is InChI=1S/C10H13NOS/c12-10(3-1-7-5-9(7)10)6-8-2-4-11-13-8/h2,4,7,9,12H,1,3,5-6H2. The molecule has 2 aliphatic carbocycles. The summed E-state index contributed by atoms with van der Waals surface area (Å²) in [7, 11) is 0. The van der Waals surface area contributed by atoms with Gasteiger partial charge in [0.05, 0.1) is 5.60 Å². The van der Waals surface area contributed by atoms with Gasteiger partial charge in [-0.05, 0) is 48.7 Å². The third-order valence-electron chi connectivity index (χ3n) is 3.53. The zero-order valence-electron chi connectivity index (χ0n) is 7.44. The first kappa shape index (κ1) is 7.94. The van der Waals surface area contributed by atoms with Crippen LogP contribution in [0.1, 0.15) is 24.1 Å². The summed E-state index contributed by atoms with van der Waals surface area (Å²) < 4.78 is 4.06. The Labute approximate surface area is 81.8 Å². The monoisotopic (exact) mass is 195 g/mol. The van der Waals surface area contributed by atoms with E-state index in [0.29, 0.717) is 5.92 Å². The van der Waals surface area contributed by atoms with Crippen LogP contribution in [0.2, 0.25) is 0 Å². The summed E-state index contributed by atoms with van der Waals surface area (Å²) in [5.74, 6) is 1.45. The van der Waals surface area contributed by atoms with Gasteiger partial charge in [0, 0.05) is 17.5 Å². The first-order valence-electron chi connectivity index (χ1n) is 4.90. The maximum absolute atomic E-state index is 10.4. The van der Waals surface area contributed by atoms with Crippen molar-refractivity contribution in [1.82, 2.24) is 4.37 Å². The van der Waals surface area contributed by atoms with E-state index in [9.17, 15) is 5.11 Å². The molecule has 1 N–H and O–H groups in total. The van der Waals surface area contributed by atoms with Gasteiger partial charge in [-0.25, -0.2) is 4.37 Å². The van der Waals surface area contributed by atoms with Gasteiger partial charge in [-0.3, -0.25) is 0 Å². The second-order valence-electron chi connectivity index (χ2n) is 4.40. The summed E-state index contributed by atoms with van der Waals surface area (Å²) in [5, 5.41) is 10.4. The fraction of sp³-hybridized carbons (Fsp3) is 0.700. The fourth-order valence-electron chi connectivity index (χ4n) is 2.70. The van der Waals surface area contributed by atoms with E-state index in [4.69, 9.17) is 0 Å². The third-order valence-corrected chi connectivity index (χ3v) is 4.27. The predicted molar refractivity (Wildman–Crippen MR) is 51.6 cm³/mol. The van der Waals surface area contributed by atoms with Crippen LogP contribution in [0.3, 0.4) is 0 Å². The van der Waals surface area contributed by atoms with E-state index in [2.05, 4.69) is 4.37 Å². The van der Waals surface area contributed by atoms with Crippen LogP contribution < -0.4 is 0 Å². The zero-order valence-corrected chi connectivity index (χ0v) is 8.26. The van der Waals surface area contributed by atoms with E-state index in [1.807, 2.05) is 12.3 Å². The number of fused-ring (bicyclic) bond motifs is 1. The summed E-state index contributed by atoms with van der Waals surface area (Å²) in [4.78, 5) is 1.23. The summed E-state index contributed by atoms with van der Waals surface area (Å²) >= 11 is 1.52. The average molecular weight is 195 g/mol. The van der Waals surface area contributed by atoms with Gasteiger partial charge >= 0.3 is 0 Å². The van der Waals surface area contributed by atoms with Crippen molar-refractivity contribution < 1.29 is 5.11 Å². The molecule has 2 nitrogen and oxygen atoms in total. The summed E-state index contributed by atoms with van der Waals surface area (Å²) in [5.41, 5.74) is -0.378. The molecule has 0 saturated heterocycles. The maximum Gasteiger partial charge on any atom is 0.0727 e. The van der Waals surface area contributed by atoms with Crippen molar-refractivity contribution in [2.75, 3.05) is 0 Å². The maximum atomic E-state index is 10.4. The molecule has 1 aromatic heterocycles. The molecule has 2 saturated carbocycles. The van der Waals surface area contributed by atoms with Crippen molar-refractivity contribution in [1.29, 1.82) is 0 Å². The number of hydrogen-bond acceptors (Lipinski definition) is 3. The third kappa shape index (κ3) is 1.22. The van der Waals surface area contributed by atoms with Gasteiger partial charge in [-0.2, -0.15) is 0 Å². The molecule has 1 aromatic rings. The molecular formula is C10H13NOS. The number of aromatic nitrogens is 1. The molecule has 70 valence electrons. The molecule has 0 radical (unpaired) electrons. The molecule has 2 fully saturated rings. The molecule has 0 amide bonds. The Morgan fingerprint density at radius 3 is 3.15 bits per heavy atom. The van der Waals surface area contributed by atoms with E-state index < -0.39 is 0 Å². The SMILES string of the molecule is OC1(Cc2ccns2)CCC2CC21. The Hall–Kier alpha value is -0.410. The van der Waals surface area contributed by atoms with Crippen LogP contribution in [-0.2, 0) is 6.42 Å². The topological polar surface area (TPSA) is 33.1 Å². The van der Waals surface area contributed by atoms with Gasteiger partial charge in [0.1, 0.15) is 0 Å². The lowest BCUT2D eigenvalue weighted by molar-refractivity contribution is 0.0261. The number of rotatable bonds is 2. The van der Waals surface area contributed by atoms with E-state index >= 15 is 0 Å². The van der Waals surface area contributed by atoms with Crippen LogP contribution in [0.5, 0.6) is 0 Å². The highest BCUT2D eigenvalue weighted by Gasteiger charge is 2.56. The van der Waals surface area contributed by atoms with Crippen molar-refractivity contribution in [3.05, 3.63) is 17.1 Å². The molecule has 2 aliphatic rings. The van der Waals surface area contributed by atoms with Crippen molar-refractivity contribution in [3.8, 4) is 0 Å². The Kier molecular flexibility index (Phi) is 1.56. The highest BCUT2D eigenvalue weighted by Crippen LogP contribution is 2.58. The van der Waals surface area contributed by atoms with Gasteiger partial charge in [0.15, 0.2) is 0 Å². The fourth-order valence-corrected chi connectivity index (χ4v) is 3.39. The second kappa shape index (κ2) is 2.55. The van der Waals surface area contributed by atoms with Crippen molar-refractivity contribution in [2.24, 2.45) is 11.8 Å². The molecule has 1 heterocycles. The lowest BCUT2D eigenvalue weighted by Gasteiger charge is -2.23. The Morgan fingerprint density at radius 1 is 1.69 bits per heavy atom. The second-order valence-corrected chi connectivity index (χ2v) is 5.32. The normalized spacial score (nSPS) is 41.9. The highest BCUT2D eigenvalue weighted by atomic mass is 32.1. The molecule has 3 atom stereocenters. The van der Waals surface area contributed by atoms with Crippen LogP contribution in [0.15, 0.2) is 12.3 Å². The lowest BCUT2D eigenvalue weighted by atomic mass is 9.93. The number of hydrogen-bond donors (Lipinski definition) is 1. The average Bonchev–Trinajstić information content (AvgIpc) is 2.63. The molecule has 0 bridgehead atoms. The van der Waals surface area contributed by atoms with Gasteiger partial charge < -0.3 is 5.11 Å². The smallest absolute Gasteiger partial charge is 0.0727 e. The molecule has 3 heteroatoms. The van der Waals surface area contributed by atoms with Gasteiger partial charge in [0.25, 0.3) is 0 Å².